The molecule has 1 aromatic rings. The number of hydrogen-bond donors (Lipinski definition) is 2. The molecule has 1 aromatic carbocycles. The van der Waals surface area contributed by atoms with Crippen LogP contribution in [0.25, 0.3) is 0 Å². The van der Waals surface area contributed by atoms with Crippen molar-refractivity contribution < 1.29 is 14.2 Å². The highest BCUT2D eigenvalue weighted by atomic mass is 79.9. The summed E-state index contributed by atoms with van der Waals surface area (Å²) in [5.41, 5.74) is -0.276. The lowest BCUT2D eigenvalue weighted by Gasteiger charge is -2.26. The third-order valence-electron chi connectivity index (χ3n) is 3.06. The Hall–Kier alpha value is -0.490. The maximum absolute atomic E-state index is 13.8. The van der Waals surface area contributed by atoms with Crippen LogP contribution in [0.3, 0.4) is 0 Å². The van der Waals surface area contributed by atoms with Crippen LogP contribution in [-0.2, 0) is 4.74 Å². The molecule has 0 radical (unpaired) electrons. The number of nitrogens with one attached hydrogen (secondary N) is 1. The van der Waals surface area contributed by atoms with E-state index in [-0.39, 0.29) is 11.9 Å². The van der Waals surface area contributed by atoms with Crippen LogP contribution in [-0.4, -0.2) is 31.0 Å². The Morgan fingerprint density at radius 1 is 1.53 bits per heavy atom. The van der Waals surface area contributed by atoms with Gasteiger partial charge in [0.1, 0.15) is 5.82 Å². The number of rotatable bonds is 7. The van der Waals surface area contributed by atoms with E-state index in [4.69, 9.17) is 4.74 Å². The average Bonchev–Trinajstić information content (AvgIpc) is 2.34. The number of benzene rings is 1. The molecule has 5 heteroatoms. The predicted octanol–water partition coefficient (Wildman–Crippen LogP) is 3.03. The standard InChI is InChI=1S/C14H21BrFNO2/c1-10(12-5-4-11(15)8-13(12)16)17-9-14(2,18)6-7-19-3/h4-5,8,10,17-18H,6-7,9H2,1-3H3. The molecule has 0 bridgehead atoms. The fourth-order valence-electron chi connectivity index (χ4n) is 1.75. The zero-order chi connectivity index (χ0) is 14.5. The summed E-state index contributed by atoms with van der Waals surface area (Å²) >= 11 is 3.23. The Bertz CT molecular complexity index is 412. The molecule has 3 nitrogen and oxygen atoms in total. The van der Waals surface area contributed by atoms with Crippen molar-refractivity contribution >= 4 is 15.9 Å². The molecule has 0 aliphatic carbocycles. The van der Waals surface area contributed by atoms with Gasteiger partial charge in [0.15, 0.2) is 0 Å². The third-order valence-corrected chi connectivity index (χ3v) is 3.56. The number of ether oxygens (including phenoxy) is 1. The van der Waals surface area contributed by atoms with Gasteiger partial charge in [0.05, 0.1) is 5.60 Å². The lowest BCUT2D eigenvalue weighted by molar-refractivity contribution is 0.0230. The SMILES string of the molecule is COCCC(C)(O)CNC(C)c1ccc(Br)cc1F. The molecule has 108 valence electrons. The molecule has 0 spiro atoms. The van der Waals surface area contributed by atoms with Crippen LogP contribution < -0.4 is 5.32 Å². The van der Waals surface area contributed by atoms with Gasteiger partial charge in [-0.25, -0.2) is 4.39 Å². The second-order valence-electron chi connectivity index (χ2n) is 5.01. The molecule has 0 fully saturated rings. The molecule has 19 heavy (non-hydrogen) atoms. The van der Waals surface area contributed by atoms with Gasteiger partial charge >= 0.3 is 0 Å². The van der Waals surface area contributed by atoms with E-state index in [2.05, 4.69) is 21.2 Å². The van der Waals surface area contributed by atoms with Crippen molar-refractivity contribution in [1.82, 2.24) is 5.32 Å². The van der Waals surface area contributed by atoms with Gasteiger partial charge in [-0.3, -0.25) is 0 Å². The van der Waals surface area contributed by atoms with Gasteiger partial charge < -0.3 is 15.2 Å². The van der Waals surface area contributed by atoms with Gasteiger partial charge in [0, 0.05) is 42.8 Å². The first kappa shape index (κ1) is 16.6. The highest BCUT2D eigenvalue weighted by Gasteiger charge is 2.21. The van der Waals surface area contributed by atoms with Crippen LogP contribution in [0.15, 0.2) is 22.7 Å². The van der Waals surface area contributed by atoms with Crippen LogP contribution in [0.4, 0.5) is 4.39 Å². The van der Waals surface area contributed by atoms with Crippen molar-refractivity contribution in [2.75, 3.05) is 20.3 Å². The van der Waals surface area contributed by atoms with E-state index in [1.54, 1.807) is 26.2 Å². The summed E-state index contributed by atoms with van der Waals surface area (Å²) in [5.74, 6) is -0.258. The molecule has 0 amide bonds. The van der Waals surface area contributed by atoms with E-state index in [0.717, 1.165) is 0 Å². The maximum Gasteiger partial charge on any atom is 0.129 e. The van der Waals surface area contributed by atoms with Gasteiger partial charge in [-0.05, 0) is 26.0 Å². The first-order valence-corrected chi connectivity index (χ1v) is 7.04. The Labute approximate surface area is 122 Å². The Morgan fingerprint density at radius 3 is 2.79 bits per heavy atom. The minimum absolute atomic E-state index is 0.165. The lowest BCUT2D eigenvalue weighted by atomic mass is 10.0. The Morgan fingerprint density at radius 2 is 2.21 bits per heavy atom. The van der Waals surface area contributed by atoms with Gasteiger partial charge in [-0.1, -0.05) is 22.0 Å². The van der Waals surface area contributed by atoms with E-state index in [1.807, 2.05) is 6.92 Å². The highest BCUT2D eigenvalue weighted by molar-refractivity contribution is 9.10. The summed E-state index contributed by atoms with van der Waals surface area (Å²) in [6.07, 6.45) is 0.534. The first-order chi connectivity index (χ1) is 8.85. The molecule has 0 aliphatic heterocycles. The van der Waals surface area contributed by atoms with Crippen molar-refractivity contribution in [1.29, 1.82) is 0 Å². The maximum atomic E-state index is 13.8. The zero-order valence-electron chi connectivity index (χ0n) is 11.5. The summed E-state index contributed by atoms with van der Waals surface area (Å²) in [7, 11) is 1.60. The second-order valence-corrected chi connectivity index (χ2v) is 5.92. The molecule has 1 rings (SSSR count). The molecule has 0 aromatic heterocycles. The Kier molecular flexibility index (Phi) is 6.39. The molecule has 0 saturated heterocycles. The molecule has 0 saturated carbocycles. The number of aliphatic hydroxyl groups is 1. The number of halogens is 2. The van der Waals surface area contributed by atoms with Crippen LogP contribution in [0.1, 0.15) is 31.9 Å². The molecule has 2 unspecified atom stereocenters. The van der Waals surface area contributed by atoms with E-state index >= 15 is 0 Å². The number of methoxy groups -OCH3 is 1. The second kappa shape index (κ2) is 7.33. The zero-order valence-corrected chi connectivity index (χ0v) is 13.1. The minimum atomic E-state index is -0.865. The van der Waals surface area contributed by atoms with Gasteiger partial charge in [0.25, 0.3) is 0 Å². The highest BCUT2D eigenvalue weighted by Crippen LogP contribution is 2.21. The van der Waals surface area contributed by atoms with E-state index in [9.17, 15) is 9.50 Å². The van der Waals surface area contributed by atoms with Crippen LogP contribution in [0, 0.1) is 5.82 Å². The summed E-state index contributed by atoms with van der Waals surface area (Å²) in [5, 5.41) is 13.3. The normalized spacial score (nSPS) is 16.1. The van der Waals surface area contributed by atoms with E-state index in [1.165, 1.54) is 6.07 Å². The fraction of sp³-hybridized carbons (Fsp3) is 0.571. The fourth-order valence-corrected chi connectivity index (χ4v) is 2.08. The first-order valence-electron chi connectivity index (χ1n) is 6.25. The van der Waals surface area contributed by atoms with Crippen LogP contribution in [0.5, 0.6) is 0 Å². The summed E-state index contributed by atoms with van der Waals surface area (Å²) in [6, 6.07) is 4.82. The van der Waals surface area contributed by atoms with Crippen LogP contribution in [0.2, 0.25) is 0 Å². The van der Waals surface area contributed by atoms with Crippen molar-refractivity contribution in [2.24, 2.45) is 0 Å². The van der Waals surface area contributed by atoms with Crippen molar-refractivity contribution in [2.45, 2.75) is 31.9 Å². The number of hydrogen-bond acceptors (Lipinski definition) is 3. The molecular formula is C14H21BrFNO2. The minimum Gasteiger partial charge on any atom is -0.389 e. The predicted molar refractivity (Wildman–Crippen MR) is 77.6 cm³/mol. The van der Waals surface area contributed by atoms with Gasteiger partial charge in [-0.2, -0.15) is 0 Å². The average molecular weight is 334 g/mol. The van der Waals surface area contributed by atoms with Gasteiger partial charge in [-0.15, -0.1) is 0 Å². The summed E-state index contributed by atoms with van der Waals surface area (Å²) in [4.78, 5) is 0. The van der Waals surface area contributed by atoms with Gasteiger partial charge in [0.2, 0.25) is 0 Å². The largest absolute Gasteiger partial charge is 0.389 e. The van der Waals surface area contributed by atoms with Crippen LogP contribution >= 0.6 is 15.9 Å². The topological polar surface area (TPSA) is 41.5 Å². The molecule has 0 aliphatic rings. The van der Waals surface area contributed by atoms with E-state index in [0.29, 0.717) is 29.6 Å². The van der Waals surface area contributed by atoms with Crippen molar-refractivity contribution in [3.05, 3.63) is 34.1 Å². The summed E-state index contributed by atoms with van der Waals surface area (Å²) in [6.45, 7) is 4.49. The molecule has 2 atom stereocenters. The monoisotopic (exact) mass is 333 g/mol. The quantitative estimate of drug-likeness (QED) is 0.805. The summed E-state index contributed by atoms with van der Waals surface area (Å²) < 4.78 is 19.4. The third kappa shape index (κ3) is 5.57. The molecule has 2 N–H and O–H groups in total. The molecular weight excluding hydrogens is 313 g/mol. The van der Waals surface area contributed by atoms with E-state index < -0.39 is 5.60 Å². The Balaban J connectivity index is 2.57. The lowest BCUT2D eigenvalue weighted by Crippen LogP contribution is -2.39. The smallest absolute Gasteiger partial charge is 0.129 e. The molecule has 0 heterocycles. The van der Waals surface area contributed by atoms with Crippen molar-refractivity contribution in [3.63, 3.8) is 0 Å². The van der Waals surface area contributed by atoms with Crippen molar-refractivity contribution in [3.8, 4) is 0 Å².